The Labute approximate surface area is 93.9 Å². The number of hydrogen-bond acceptors (Lipinski definition) is 5. The molecule has 0 bridgehead atoms. The van der Waals surface area contributed by atoms with E-state index in [0.29, 0.717) is 11.5 Å². The summed E-state index contributed by atoms with van der Waals surface area (Å²) in [4.78, 5) is 11.1. The van der Waals surface area contributed by atoms with Gasteiger partial charge in [0.15, 0.2) is 11.5 Å². The number of methoxy groups -OCH3 is 2. The third kappa shape index (κ3) is 2.79. The van der Waals surface area contributed by atoms with Crippen LogP contribution in [-0.4, -0.2) is 27.0 Å². The monoisotopic (exact) mass is 225 g/mol. The van der Waals surface area contributed by atoms with Crippen molar-refractivity contribution in [3.63, 3.8) is 0 Å². The van der Waals surface area contributed by atoms with E-state index < -0.39 is 6.16 Å². The lowest BCUT2D eigenvalue weighted by molar-refractivity contribution is 0.103. The van der Waals surface area contributed by atoms with Gasteiger partial charge in [0.25, 0.3) is 0 Å². The molecule has 1 aromatic rings. The molecule has 0 saturated heterocycles. The highest BCUT2D eigenvalue weighted by Crippen LogP contribution is 2.36. The predicted octanol–water partition coefficient (Wildman–Crippen LogP) is 2.04. The molecule has 0 spiro atoms. The highest BCUT2D eigenvalue weighted by molar-refractivity contribution is 5.66. The maximum atomic E-state index is 11.1. The number of benzene rings is 1. The molecule has 0 amide bonds. The standard InChI is InChI=1S/C11H13O5/c1-4-15-11(12)16-9-7-5-6-8(13-2)10(9)14-3/h5-6H,4H2,1-3H3. The van der Waals surface area contributed by atoms with Crippen LogP contribution in [0.25, 0.3) is 0 Å². The largest absolute Gasteiger partial charge is 0.513 e. The summed E-state index contributed by atoms with van der Waals surface area (Å²) in [5, 5.41) is 0. The highest BCUT2D eigenvalue weighted by Gasteiger charge is 2.14. The van der Waals surface area contributed by atoms with Gasteiger partial charge in [-0.1, -0.05) is 0 Å². The number of carbonyl (C=O) groups is 1. The van der Waals surface area contributed by atoms with E-state index in [1.54, 1.807) is 19.1 Å². The molecule has 0 fully saturated rings. The minimum atomic E-state index is -0.801. The van der Waals surface area contributed by atoms with Gasteiger partial charge < -0.3 is 18.9 Å². The van der Waals surface area contributed by atoms with Crippen LogP contribution in [0.1, 0.15) is 6.92 Å². The lowest BCUT2D eigenvalue weighted by atomic mass is 10.3. The van der Waals surface area contributed by atoms with Crippen LogP contribution >= 0.6 is 0 Å². The van der Waals surface area contributed by atoms with Gasteiger partial charge in [-0.3, -0.25) is 0 Å². The quantitative estimate of drug-likeness (QED) is 0.579. The van der Waals surface area contributed by atoms with Crippen molar-refractivity contribution in [1.82, 2.24) is 0 Å². The van der Waals surface area contributed by atoms with Crippen LogP contribution < -0.4 is 14.2 Å². The summed E-state index contributed by atoms with van der Waals surface area (Å²) in [6, 6.07) is 5.94. The number of rotatable bonds is 4. The molecule has 0 aliphatic heterocycles. The van der Waals surface area contributed by atoms with Crippen LogP contribution in [-0.2, 0) is 4.74 Å². The van der Waals surface area contributed by atoms with Crippen LogP contribution in [0.2, 0.25) is 0 Å². The van der Waals surface area contributed by atoms with Gasteiger partial charge in [0, 0.05) is 6.07 Å². The van der Waals surface area contributed by atoms with Gasteiger partial charge in [-0.05, 0) is 19.1 Å². The van der Waals surface area contributed by atoms with Crippen molar-refractivity contribution in [2.45, 2.75) is 6.92 Å². The van der Waals surface area contributed by atoms with Gasteiger partial charge in [0.2, 0.25) is 5.75 Å². The minimum Gasteiger partial charge on any atom is -0.493 e. The fourth-order valence-corrected chi connectivity index (χ4v) is 1.11. The molecule has 0 heterocycles. The van der Waals surface area contributed by atoms with E-state index >= 15 is 0 Å². The molecular formula is C11H13O5. The van der Waals surface area contributed by atoms with Gasteiger partial charge in [-0.2, -0.15) is 0 Å². The summed E-state index contributed by atoms with van der Waals surface area (Å²) < 4.78 is 19.6. The van der Waals surface area contributed by atoms with E-state index in [1.165, 1.54) is 14.2 Å². The summed E-state index contributed by atoms with van der Waals surface area (Å²) in [5.74, 6) is 0.902. The van der Waals surface area contributed by atoms with Gasteiger partial charge in [0.05, 0.1) is 20.8 Å². The highest BCUT2D eigenvalue weighted by atomic mass is 16.7. The van der Waals surface area contributed by atoms with E-state index in [2.05, 4.69) is 10.8 Å². The van der Waals surface area contributed by atoms with Crippen LogP contribution in [0.4, 0.5) is 4.79 Å². The van der Waals surface area contributed by atoms with Gasteiger partial charge in [-0.25, -0.2) is 4.79 Å². The minimum absolute atomic E-state index is 0.139. The third-order valence-corrected chi connectivity index (χ3v) is 1.75. The molecule has 5 nitrogen and oxygen atoms in total. The first-order chi connectivity index (χ1) is 7.72. The lowest BCUT2D eigenvalue weighted by Crippen LogP contribution is -2.11. The Hall–Kier alpha value is -1.91. The molecule has 87 valence electrons. The number of carbonyl (C=O) groups excluding carboxylic acids is 1. The average molecular weight is 225 g/mol. The van der Waals surface area contributed by atoms with E-state index in [1.807, 2.05) is 0 Å². The van der Waals surface area contributed by atoms with Crippen molar-refractivity contribution >= 4 is 6.16 Å². The van der Waals surface area contributed by atoms with Crippen molar-refractivity contribution < 1.29 is 23.7 Å². The fraction of sp³-hybridized carbons (Fsp3) is 0.364. The molecule has 5 heteroatoms. The molecule has 1 rings (SSSR count). The first-order valence-electron chi connectivity index (χ1n) is 4.70. The molecule has 0 aliphatic rings. The molecule has 0 N–H and O–H groups in total. The SMILES string of the molecule is CCOC(=O)Oc1[c]ccc(OC)c1OC. The summed E-state index contributed by atoms with van der Waals surface area (Å²) in [6.07, 6.45) is -0.801. The Balaban J connectivity index is 2.90. The van der Waals surface area contributed by atoms with Crippen LogP contribution in [0, 0.1) is 6.07 Å². The van der Waals surface area contributed by atoms with E-state index in [0.717, 1.165) is 0 Å². The van der Waals surface area contributed by atoms with E-state index in [9.17, 15) is 4.79 Å². The third-order valence-electron chi connectivity index (χ3n) is 1.75. The number of hydrogen-bond donors (Lipinski definition) is 0. The Bertz CT molecular complexity index is 361. The average Bonchev–Trinajstić information content (AvgIpc) is 2.29. The smallest absolute Gasteiger partial charge is 0.493 e. The molecule has 16 heavy (non-hydrogen) atoms. The lowest BCUT2D eigenvalue weighted by Gasteiger charge is -2.11. The maximum absolute atomic E-state index is 11.1. The van der Waals surface area contributed by atoms with Gasteiger partial charge in [0.1, 0.15) is 0 Å². The van der Waals surface area contributed by atoms with Crippen molar-refractivity contribution in [2.75, 3.05) is 20.8 Å². The normalized spacial score (nSPS) is 9.44. The first-order valence-corrected chi connectivity index (χ1v) is 4.70. The Morgan fingerprint density at radius 1 is 1.38 bits per heavy atom. The molecule has 0 unspecified atom stereocenters. The Kier molecular flexibility index (Phi) is 4.44. The number of ether oxygens (including phenoxy) is 4. The van der Waals surface area contributed by atoms with Crippen molar-refractivity contribution in [1.29, 1.82) is 0 Å². The fourth-order valence-electron chi connectivity index (χ4n) is 1.11. The summed E-state index contributed by atoms with van der Waals surface area (Å²) in [6.45, 7) is 1.93. The van der Waals surface area contributed by atoms with Gasteiger partial charge in [-0.15, -0.1) is 0 Å². The second-order valence-electron chi connectivity index (χ2n) is 2.69. The zero-order valence-corrected chi connectivity index (χ0v) is 9.40. The van der Waals surface area contributed by atoms with E-state index in [-0.39, 0.29) is 12.4 Å². The molecule has 1 aromatic carbocycles. The van der Waals surface area contributed by atoms with Crippen molar-refractivity contribution in [3.8, 4) is 17.2 Å². The van der Waals surface area contributed by atoms with Gasteiger partial charge >= 0.3 is 6.16 Å². The molecule has 0 saturated carbocycles. The topological polar surface area (TPSA) is 54.0 Å². The Morgan fingerprint density at radius 2 is 2.12 bits per heavy atom. The van der Waals surface area contributed by atoms with Crippen molar-refractivity contribution in [3.05, 3.63) is 18.2 Å². The van der Waals surface area contributed by atoms with Crippen molar-refractivity contribution in [2.24, 2.45) is 0 Å². The molecule has 0 aromatic heterocycles. The summed E-state index contributed by atoms with van der Waals surface area (Å²) in [5.41, 5.74) is 0. The Morgan fingerprint density at radius 3 is 2.69 bits per heavy atom. The van der Waals surface area contributed by atoms with Crippen LogP contribution in [0.15, 0.2) is 12.1 Å². The maximum Gasteiger partial charge on any atom is 0.513 e. The molecule has 0 aliphatic carbocycles. The zero-order chi connectivity index (χ0) is 12.0. The van der Waals surface area contributed by atoms with Crippen LogP contribution in [0.3, 0.4) is 0 Å². The van der Waals surface area contributed by atoms with Crippen LogP contribution in [0.5, 0.6) is 17.2 Å². The zero-order valence-electron chi connectivity index (χ0n) is 9.40. The molecular weight excluding hydrogens is 212 g/mol. The summed E-state index contributed by atoms with van der Waals surface area (Å²) in [7, 11) is 2.94. The second-order valence-corrected chi connectivity index (χ2v) is 2.69. The predicted molar refractivity (Wildman–Crippen MR) is 56.0 cm³/mol. The van der Waals surface area contributed by atoms with E-state index in [4.69, 9.17) is 14.2 Å². The summed E-state index contributed by atoms with van der Waals surface area (Å²) >= 11 is 0. The second kappa shape index (κ2) is 5.85. The molecule has 0 atom stereocenters. The first kappa shape index (κ1) is 12.2. The molecule has 1 radical (unpaired) electrons.